The maximum atomic E-state index is 12.7. The maximum Gasteiger partial charge on any atom is 0.262 e. The molecule has 3 heterocycles. The van der Waals surface area contributed by atoms with Crippen LogP contribution in [0, 0.1) is 0 Å². The number of aromatic nitrogens is 3. The maximum absolute atomic E-state index is 12.7. The molecule has 1 aromatic carbocycles. The minimum atomic E-state index is -0.0555. The van der Waals surface area contributed by atoms with E-state index in [1.807, 2.05) is 6.20 Å². The van der Waals surface area contributed by atoms with Gasteiger partial charge in [0.1, 0.15) is 0 Å². The van der Waals surface area contributed by atoms with Crippen molar-refractivity contribution in [3.63, 3.8) is 0 Å². The molecule has 2 aliphatic rings. The molecular formula is C19H18N4O. The van der Waals surface area contributed by atoms with Crippen LogP contribution in [0.15, 0.2) is 35.3 Å². The normalized spacial score (nSPS) is 16.2. The first-order valence-corrected chi connectivity index (χ1v) is 8.52. The van der Waals surface area contributed by atoms with Crippen molar-refractivity contribution in [1.29, 1.82) is 0 Å². The Kier molecular flexibility index (Phi) is 2.95. The van der Waals surface area contributed by atoms with Crippen LogP contribution >= 0.6 is 0 Å². The van der Waals surface area contributed by atoms with Crippen molar-refractivity contribution >= 4 is 17.0 Å². The molecular weight excluding hydrogens is 300 g/mol. The molecule has 2 aromatic heterocycles. The van der Waals surface area contributed by atoms with Crippen molar-refractivity contribution in [2.45, 2.75) is 32.2 Å². The van der Waals surface area contributed by atoms with Crippen molar-refractivity contribution in [2.75, 3.05) is 11.4 Å². The summed E-state index contributed by atoms with van der Waals surface area (Å²) in [4.78, 5) is 26.9. The molecule has 0 atom stereocenters. The number of nitrogens with one attached hydrogen (secondary N) is 1. The van der Waals surface area contributed by atoms with Gasteiger partial charge < -0.3 is 4.90 Å². The molecule has 0 saturated heterocycles. The number of anilines is 1. The van der Waals surface area contributed by atoms with Gasteiger partial charge in [0.2, 0.25) is 5.95 Å². The van der Waals surface area contributed by atoms with Crippen LogP contribution in [0.1, 0.15) is 28.7 Å². The Morgan fingerprint density at radius 2 is 1.92 bits per heavy atom. The van der Waals surface area contributed by atoms with Crippen LogP contribution in [-0.4, -0.2) is 21.5 Å². The third-order valence-electron chi connectivity index (χ3n) is 5.22. The second kappa shape index (κ2) is 5.16. The van der Waals surface area contributed by atoms with Gasteiger partial charge in [0.25, 0.3) is 5.56 Å². The van der Waals surface area contributed by atoms with Gasteiger partial charge in [-0.25, -0.2) is 4.98 Å². The van der Waals surface area contributed by atoms with Crippen LogP contribution in [0.4, 0.5) is 5.95 Å². The molecule has 0 bridgehead atoms. The molecule has 120 valence electrons. The lowest BCUT2D eigenvalue weighted by Crippen LogP contribution is -2.33. The zero-order valence-corrected chi connectivity index (χ0v) is 13.4. The predicted molar refractivity (Wildman–Crippen MR) is 93.4 cm³/mol. The number of nitrogens with zero attached hydrogens (tertiary/aromatic N) is 3. The molecule has 1 aliphatic heterocycles. The minimum absolute atomic E-state index is 0.0555. The zero-order valence-electron chi connectivity index (χ0n) is 13.4. The first-order valence-electron chi connectivity index (χ1n) is 8.52. The Balaban J connectivity index is 1.60. The molecule has 0 saturated carbocycles. The summed E-state index contributed by atoms with van der Waals surface area (Å²) in [5.41, 5.74) is 5.55. The largest absolute Gasteiger partial charge is 0.338 e. The molecule has 5 rings (SSSR count). The van der Waals surface area contributed by atoms with Gasteiger partial charge >= 0.3 is 0 Å². The van der Waals surface area contributed by atoms with Crippen molar-refractivity contribution in [3.8, 4) is 0 Å². The summed E-state index contributed by atoms with van der Waals surface area (Å²) in [6, 6.07) is 8.46. The number of hydrogen-bond acceptors (Lipinski definition) is 4. The highest BCUT2D eigenvalue weighted by molar-refractivity contribution is 5.80. The Morgan fingerprint density at radius 1 is 1.04 bits per heavy atom. The van der Waals surface area contributed by atoms with Crippen molar-refractivity contribution in [1.82, 2.24) is 15.0 Å². The fourth-order valence-corrected chi connectivity index (χ4v) is 3.98. The van der Waals surface area contributed by atoms with Crippen LogP contribution in [0.2, 0.25) is 0 Å². The van der Waals surface area contributed by atoms with E-state index in [-0.39, 0.29) is 5.56 Å². The molecule has 5 nitrogen and oxygen atoms in total. The Bertz CT molecular complexity index is 1010. The summed E-state index contributed by atoms with van der Waals surface area (Å²) >= 11 is 0. The fraction of sp³-hybridized carbons (Fsp3) is 0.316. The lowest BCUT2D eigenvalue weighted by atomic mass is 10.0. The lowest BCUT2D eigenvalue weighted by Gasteiger charge is -2.29. The number of benzene rings is 1. The van der Waals surface area contributed by atoms with E-state index in [0.29, 0.717) is 17.0 Å². The minimum Gasteiger partial charge on any atom is -0.338 e. The first kappa shape index (κ1) is 13.7. The molecule has 1 N–H and O–H groups in total. The molecule has 1 aliphatic carbocycles. The van der Waals surface area contributed by atoms with Crippen LogP contribution in [0.25, 0.3) is 11.0 Å². The van der Waals surface area contributed by atoms with Crippen LogP contribution in [0.3, 0.4) is 0 Å². The Labute approximate surface area is 139 Å². The lowest BCUT2D eigenvalue weighted by molar-refractivity contribution is 0.708. The van der Waals surface area contributed by atoms with Gasteiger partial charge in [0, 0.05) is 19.3 Å². The van der Waals surface area contributed by atoms with Gasteiger partial charge in [-0.3, -0.25) is 9.78 Å². The highest BCUT2D eigenvalue weighted by Crippen LogP contribution is 2.27. The highest BCUT2D eigenvalue weighted by Gasteiger charge is 2.22. The van der Waals surface area contributed by atoms with E-state index in [2.05, 4.69) is 44.1 Å². The molecule has 5 heteroatoms. The number of pyridine rings is 1. The number of aromatic amines is 1. The third kappa shape index (κ3) is 2.04. The van der Waals surface area contributed by atoms with Crippen molar-refractivity contribution < 1.29 is 0 Å². The summed E-state index contributed by atoms with van der Waals surface area (Å²) in [6.45, 7) is 1.63. The molecule has 24 heavy (non-hydrogen) atoms. The number of hydrogen-bond donors (Lipinski definition) is 1. The quantitative estimate of drug-likeness (QED) is 0.748. The van der Waals surface area contributed by atoms with E-state index < -0.39 is 0 Å². The summed E-state index contributed by atoms with van der Waals surface area (Å²) < 4.78 is 0. The van der Waals surface area contributed by atoms with E-state index >= 15 is 0 Å². The van der Waals surface area contributed by atoms with Gasteiger partial charge in [-0.2, -0.15) is 4.98 Å². The number of H-pyrrole nitrogens is 1. The van der Waals surface area contributed by atoms with E-state index in [0.717, 1.165) is 44.3 Å². The second-order valence-corrected chi connectivity index (χ2v) is 6.64. The van der Waals surface area contributed by atoms with Crippen molar-refractivity contribution in [3.05, 3.63) is 63.1 Å². The van der Waals surface area contributed by atoms with Crippen LogP contribution in [0.5, 0.6) is 0 Å². The Hall–Kier alpha value is -2.69. The van der Waals surface area contributed by atoms with Gasteiger partial charge in [-0.15, -0.1) is 0 Å². The van der Waals surface area contributed by atoms with Gasteiger partial charge in [-0.05, 0) is 47.9 Å². The number of aryl methyl sites for hydroxylation is 2. The molecule has 3 aromatic rings. The van der Waals surface area contributed by atoms with E-state index in [9.17, 15) is 4.79 Å². The van der Waals surface area contributed by atoms with Crippen LogP contribution in [-0.2, 0) is 25.8 Å². The van der Waals surface area contributed by atoms with E-state index in [1.165, 1.54) is 16.7 Å². The fourth-order valence-electron chi connectivity index (χ4n) is 3.98. The predicted octanol–water partition coefficient (Wildman–Crippen LogP) is 2.37. The van der Waals surface area contributed by atoms with Crippen LogP contribution < -0.4 is 10.5 Å². The monoisotopic (exact) mass is 318 g/mol. The SMILES string of the molecule is O=c1[nH]c(N2CCc3ccccc3C2)nc2ncc3c(c12)CCC3. The summed E-state index contributed by atoms with van der Waals surface area (Å²) in [5, 5.41) is 0.686. The van der Waals surface area contributed by atoms with E-state index in [4.69, 9.17) is 0 Å². The molecule has 0 amide bonds. The number of fused-ring (bicyclic) bond motifs is 4. The third-order valence-corrected chi connectivity index (χ3v) is 5.22. The average Bonchev–Trinajstić information content (AvgIpc) is 3.09. The highest BCUT2D eigenvalue weighted by atomic mass is 16.1. The molecule has 0 radical (unpaired) electrons. The van der Waals surface area contributed by atoms with E-state index in [1.54, 1.807) is 0 Å². The first-order chi connectivity index (χ1) is 11.8. The van der Waals surface area contributed by atoms with Crippen molar-refractivity contribution in [2.24, 2.45) is 0 Å². The zero-order chi connectivity index (χ0) is 16.1. The molecule has 0 spiro atoms. The van der Waals surface area contributed by atoms with Gasteiger partial charge in [0.15, 0.2) is 5.65 Å². The standard InChI is InChI=1S/C19H18N4O/c24-18-16-15-7-3-6-13(15)10-20-17(16)21-19(22-18)23-9-8-12-4-1-2-5-14(12)11-23/h1-2,4-5,10H,3,6-9,11H2,(H,20,21,22,24). The topological polar surface area (TPSA) is 61.9 Å². The average molecular weight is 318 g/mol. The van der Waals surface area contributed by atoms with Gasteiger partial charge in [-0.1, -0.05) is 24.3 Å². The summed E-state index contributed by atoms with van der Waals surface area (Å²) in [6.07, 6.45) is 5.93. The number of rotatable bonds is 1. The van der Waals surface area contributed by atoms with Gasteiger partial charge in [0.05, 0.1) is 5.39 Å². The smallest absolute Gasteiger partial charge is 0.262 e. The summed E-state index contributed by atoms with van der Waals surface area (Å²) in [5.74, 6) is 0.632. The molecule has 0 unspecified atom stereocenters. The summed E-state index contributed by atoms with van der Waals surface area (Å²) in [7, 11) is 0. The Morgan fingerprint density at radius 3 is 2.83 bits per heavy atom. The molecule has 0 fully saturated rings. The second-order valence-electron chi connectivity index (χ2n) is 6.64.